The zero-order chi connectivity index (χ0) is 16.8. The van der Waals surface area contributed by atoms with Crippen molar-refractivity contribution in [2.75, 3.05) is 6.54 Å². The van der Waals surface area contributed by atoms with Gasteiger partial charge in [-0.05, 0) is 31.4 Å². The highest BCUT2D eigenvalue weighted by Crippen LogP contribution is 2.13. The van der Waals surface area contributed by atoms with E-state index >= 15 is 0 Å². The number of carbonyl (C=O) groups is 1. The van der Waals surface area contributed by atoms with Gasteiger partial charge < -0.3 is 5.32 Å². The summed E-state index contributed by atoms with van der Waals surface area (Å²) in [6, 6.07) is 5.72. The molecule has 0 aliphatic heterocycles. The first kappa shape index (κ1) is 18.4. The van der Waals surface area contributed by atoms with E-state index in [1.807, 2.05) is 20.8 Å². The summed E-state index contributed by atoms with van der Waals surface area (Å²) in [5.41, 5.74) is 0.974. The van der Waals surface area contributed by atoms with Gasteiger partial charge in [-0.1, -0.05) is 37.6 Å². The molecule has 5 nitrogen and oxygen atoms in total. The summed E-state index contributed by atoms with van der Waals surface area (Å²) in [6.45, 7) is 9.60. The molecule has 0 bridgehead atoms. The lowest BCUT2D eigenvalue weighted by Crippen LogP contribution is -2.47. The van der Waals surface area contributed by atoms with E-state index in [2.05, 4.69) is 16.6 Å². The van der Waals surface area contributed by atoms with Crippen LogP contribution in [0.4, 0.5) is 0 Å². The molecule has 1 rings (SSSR count). The Balaban J connectivity index is 2.93. The number of amides is 1. The maximum atomic E-state index is 12.4. The van der Waals surface area contributed by atoms with Crippen LogP contribution in [0, 0.1) is 12.8 Å². The molecule has 0 aromatic heterocycles. The first-order valence-corrected chi connectivity index (χ1v) is 8.72. The van der Waals surface area contributed by atoms with Gasteiger partial charge in [-0.15, -0.1) is 6.58 Å². The normalized spacial score (nSPS) is 12.9. The minimum absolute atomic E-state index is 0.156. The lowest BCUT2D eigenvalue weighted by atomic mass is 10.0. The quantitative estimate of drug-likeness (QED) is 0.718. The molecule has 1 amide bonds. The Hall–Kier alpha value is -1.66. The van der Waals surface area contributed by atoms with E-state index in [0.29, 0.717) is 13.0 Å². The summed E-state index contributed by atoms with van der Waals surface area (Å²) < 4.78 is 27.3. The van der Waals surface area contributed by atoms with Gasteiger partial charge in [0.2, 0.25) is 15.9 Å². The predicted octanol–water partition coefficient (Wildman–Crippen LogP) is 1.99. The van der Waals surface area contributed by atoms with Crippen LogP contribution in [0.1, 0.15) is 25.8 Å². The minimum Gasteiger partial charge on any atom is -0.351 e. The predicted molar refractivity (Wildman–Crippen MR) is 88.0 cm³/mol. The number of rotatable bonds is 8. The number of sulfonamides is 1. The SMILES string of the molecule is C=CCNC(=O)[C@H](CC(C)C)NS(=O)(=O)c1ccc(C)cc1. The van der Waals surface area contributed by atoms with Crippen LogP contribution in [0.3, 0.4) is 0 Å². The number of aryl methyl sites for hydroxylation is 1. The molecular weight excluding hydrogens is 300 g/mol. The van der Waals surface area contributed by atoms with Gasteiger partial charge >= 0.3 is 0 Å². The third kappa shape index (κ3) is 5.61. The Morgan fingerprint density at radius 2 is 1.86 bits per heavy atom. The highest BCUT2D eigenvalue weighted by Gasteiger charge is 2.26. The van der Waals surface area contributed by atoms with E-state index in [1.54, 1.807) is 18.2 Å². The highest BCUT2D eigenvalue weighted by atomic mass is 32.2. The summed E-state index contributed by atoms with van der Waals surface area (Å²) in [5, 5.41) is 2.64. The number of hydrogen-bond acceptors (Lipinski definition) is 3. The third-order valence-corrected chi connectivity index (χ3v) is 4.56. The van der Waals surface area contributed by atoms with Gasteiger partial charge in [0.15, 0.2) is 0 Å². The Morgan fingerprint density at radius 3 is 2.36 bits per heavy atom. The molecule has 6 heteroatoms. The molecular formula is C16H24N2O3S. The van der Waals surface area contributed by atoms with Crippen molar-refractivity contribution < 1.29 is 13.2 Å². The Bertz CT molecular complexity index is 607. The van der Waals surface area contributed by atoms with Crippen LogP contribution in [0.5, 0.6) is 0 Å². The van der Waals surface area contributed by atoms with Crippen molar-refractivity contribution in [2.24, 2.45) is 5.92 Å². The van der Waals surface area contributed by atoms with Crippen LogP contribution >= 0.6 is 0 Å². The van der Waals surface area contributed by atoms with Crippen molar-refractivity contribution in [1.29, 1.82) is 0 Å². The van der Waals surface area contributed by atoms with E-state index in [9.17, 15) is 13.2 Å². The molecule has 22 heavy (non-hydrogen) atoms. The maximum absolute atomic E-state index is 12.4. The lowest BCUT2D eigenvalue weighted by Gasteiger charge is -2.20. The Morgan fingerprint density at radius 1 is 1.27 bits per heavy atom. The van der Waals surface area contributed by atoms with Crippen molar-refractivity contribution in [1.82, 2.24) is 10.0 Å². The molecule has 0 aliphatic carbocycles. The van der Waals surface area contributed by atoms with Gasteiger partial charge in [0.25, 0.3) is 0 Å². The topological polar surface area (TPSA) is 75.3 Å². The van der Waals surface area contributed by atoms with Crippen LogP contribution in [-0.2, 0) is 14.8 Å². The summed E-state index contributed by atoms with van der Waals surface area (Å²) in [4.78, 5) is 12.3. The average Bonchev–Trinajstić information content (AvgIpc) is 2.43. The molecule has 0 saturated heterocycles. The summed E-state index contributed by atoms with van der Waals surface area (Å²) in [6.07, 6.45) is 1.98. The molecule has 1 atom stereocenters. The second kappa shape index (κ2) is 8.10. The molecule has 0 spiro atoms. The minimum atomic E-state index is -3.73. The van der Waals surface area contributed by atoms with Crippen molar-refractivity contribution in [3.63, 3.8) is 0 Å². The van der Waals surface area contributed by atoms with Crippen LogP contribution in [-0.4, -0.2) is 26.9 Å². The monoisotopic (exact) mass is 324 g/mol. The van der Waals surface area contributed by atoms with Gasteiger partial charge in [-0.2, -0.15) is 4.72 Å². The van der Waals surface area contributed by atoms with E-state index in [-0.39, 0.29) is 16.7 Å². The summed E-state index contributed by atoms with van der Waals surface area (Å²) in [7, 11) is -3.73. The van der Waals surface area contributed by atoms with Crippen molar-refractivity contribution >= 4 is 15.9 Å². The fraction of sp³-hybridized carbons (Fsp3) is 0.438. The molecule has 0 unspecified atom stereocenters. The van der Waals surface area contributed by atoms with Gasteiger partial charge in [-0.3, -0.25) is 4.79 Å². The second-order valence-electron chi connectivity index (χ2n) is 5.65. The van der Waals surface area contributed by atoms with Gasteiger partial charge in [0.05, 0.1) is 4.90 Å². The van der Waals surface area contributed by atoms with Gasteiger partial charge in [-0.25, -0.2) is 8.42 Å². The molecule has 0 fully saturated rings. The van der Waals surface area contributed by atoms with Crippen LogP contribution < -0.4 is 10.0 Å². The van der Waals surface area contributed by atoms with Gasteiger partial charge in [0, 0.05) is 6.54 Å². The van der Waals surface area contributed by atoms with E-state index < -0.39 is 16.1 Å². The van der Waals surface area contributed by atoms with Crippen molar-refractivity contribution in [3.05, 3.63) is 42.5 Å². The fourth-order valence-corrected chi connectivity index (χ4v) is 3.16. The Kier molecular flexibility index (Phi) is 6.77. The zero-order valence-corrected chi connectivity index (χ0v) is 14.1. The van der Waals surface area contributed by atoms with Crippen molar-refractivity contribution in [2.45, 2.75) is 38.1 Å². The first-order valence-electron chi connectivity index (χ1n) is 7.24. The molecule has 0 saturated carbocycles. The standard InChI is InChI=1S/C16H24N2O3S/c1-5-10-17-16(19)15(11-12(2)3)18-22(20,21)14-8-6-13(4)7-9-14/h5-9,12,15,18H,1,10-11H2,2-4H3,(H,17,19)/t15-/m0/s1. The molecule has 1 aromatic rings. The molecule has 0 aliphatic rings. The smallest absolute Gasteiger partial charge is 0.241 e. The van der Waals surface area contributed by atoms with E-state index in [0.717, 1.165) is 5.56 Å². The fourth-order valence-electron chi connectivity index (χ4n) is 1.95. The molecule has 0 radical (unpaired) electrons. The number of carbonyl (C=O) groups excluding carboxylic acids is 1. The lowest BCUT2D eigenvalue weighted by molar-refractivity contribution is -0.122. The summed E-state index contributed by atoms with van der Waals surface area (Å²) >= 11 is 0. The van der Waals surface area contributed by atoms with Crippen LogP contribution in [0.2, 0.25) is 0 Å². The highest BCUT2D eigenvalue weighted by molar-refractivity contribution is 7.89. The number of hydrogen-bond donors (Lipinski definition) is 2. The van der Waals surface area contributed by atoms with Crippen molar-refractivity contribution in [3.8, 4) is 0 Å². The molecule has 2 N–H and O–H groups in total. The average molecular weight is 324 g/mol. The third-order valence-electron chi connectivity index (χ3n) is 3.07. The Labute approximate surface area is 132 Å². The molecule has 122 valence electrons. The maximum Gasteiger partial charge on any atom is 0.241 e. The first-order chi connectivity index (χ1) is 10.3. The van der Waals surface area contributed by atoms with Gasteiger partial charge in [0.1, 0.15) is 6.04 Å². The molecule has 1 aromatic carbocycles. The second-order valence-corrected chi connectivity index (χ2v) is 7.36. The van der Waals surface area contributed by atoms with Crippen LogP contribution in [0.25, 0.3) is 0 Å². The zero-order valence-electron chi connectivity index (χ0n) is 13.3. The van der Waals surface area contributed by atoms with E-state index in [4.69, 9.17) is 0 Å². The number of nitrogens with one attached hydrogen (secondary N) is 2. The summed E-state index contributed by atoms with van der Waals surface area (Å²) in [5.74, 6) is -0.163. The van der Waals surface area contributed by atoms with Crippen LogP contribution in [0.15, 0.2) is 41.8 Å². The van der Waals surface area contributed by atoms with E-state index in [1.165, 1.54) is 12.1 Å². The largest absolute Gasteiger partial charge is 0.351 e. The number of benzene rings is 1. The molecule has 0 heterocycles.